The van der Waals surface area contributed by atoms with E-state index in [1.54, 1.807) is 7.11 Å². The Morgan fingerprint density at radius 1 is 1.29 bits per heavy atom. The number of rotatable bonds is 1. The minimum absolute atomic E-state index is 0.160. The van der Waals surface area contributed by atoms with Gasteiger partial charge in [0.05, 0.1) is 6.10 Å². The van der Waals surface area contributed by atoms with E-state index in [1.165, 1.54) is 0 Å². The fourth-order valence-corrected chi connectivity index (χ4v) is 2.28. The third kappa shape index (κ3) is 2.88. The molecule has 1 fully saturated rings. The lowest BCUT2D eigenvalue weighted by atomic mass is 9.82. The van der Waals surface area contributed by atoms with Gasteiger partial charge in [-0.1, -0.05) is 36.5 Å². The monoisotopic (exact) mass is 230 g/mol. The third-order valence-corrected chi connectivity index (χ3v) is 3.29. The first-order valence-corrected chi connectivity index (χ1v) is 6.08. The van der Waals surface area contributed by atoms with Crippen LogP contribution in [0, 0.1) is 11.8 Å². The van der Waals surface area contributed by atoms with Gasteiger partial charge in [0.1, 0.15) is 0 Å². The molecule has 2 unspecified atom stereocenters. The van der Waals surface area contributed by atoms with Crippen molar-refractivity contribution in [1.29, 1.82) is 0 Å². The first-order valence-electron chi connectivity index (χ1n) is 6.08. The lowest BCUT2D eigenvalue weighted by Crippen LogP contribution is -2.44. The van der Waals surface area contributed by atoms with Crippen LogP contribution in [0.15, 0.2) is 30.3 Å². The first-order chi connectivity index (χ1) is 8.24. The highest BCUT2D eigenvalue weighted by molar-refractivity contribution is 5.36. The molecule has 90 valence electrons. The van der Waals surface area contributed by atoms with E-state index in [9.17, 15) is 5.11 Å². The van der Waals surface area contributed by atoms with Gasteiger partial charge in [0.2, 0.25) is 0 Å². The minimum Gasteiger partial charge on any atom is -0.377 e. The van der Waals surface area contributed by atoms with Gasteiger partial charge in [0.25, 0.3) is 0 Å². The summed E-state index contributed by atoms with van der Waals surface area (Å²) in [6.45, 7) is 0. The molecule has 17 heavy (non-hydrogen) atoms. The average Bonchev–Trinajstić information content (AvgIpc) is 2.38. The van der Waals surface area contributed by atoms with Crippen molar-refractivity contribution in [2.75, 3.05) is 7.11 Å². The van der Waals surface area contributed by atoms with Gasteiger partial charge in [-0.05, 0) is 31.4 Å². The Kier molecular flexibility index (Phi) is 3.83. The van der Waals surface area contributed by atoms with Crippen LogP contribution in [0.5, 0.6) is 0 Å². The summed E-state index contributed by atoms with van der Waals surface area (Å²) in [6.07, 6.45) is 3.54. The fourth-order valence-electron chi connectivity index (χ4n) is 2.28. The molecule has 0 bridgehead atoms. The Balaban J connectivity index is 2.18. The second kappa shape index (κ2) is 5.35. The molecule has 0 saturated heterocycles. The van der Waals surface area contributed by atoms with Crippen LogP contribution in [0.2, 0.25) is 0 Å². The summed E-state index contributed by atoms with van der Waals surface area (Å²) in [5, 5.41) is 10.5. The molecular formula is C15H18O2. The Bertz CT molecular complexity index is 416. The summed E-state index contributed by atoms with van der Waals surface area (Å²) in [4.78, 5) is 0. The van der Waals surface area contributed by atoms with E-state index < -0.39 is 5.60 Å². The predicted octanol–water partition coefficient (Wildman–Crippen LogP) is 2.36. The molecule has 1 aromatic rings. The predicted molar refractivity (Wildman–Crippen MR) is 67.5 cm³/mol. The fraction of sp³-hybridized carbons (Fsp3) is 0.467. The molecule has 1 aliphatic rings. The average molecular weight is 230 g/mol. The lowest BCUT2D eigenvalue weighted by Gasteiger charge is -2.34. The maximum absolute atomic E-state index is 10.5. The molecule has 1 aliphatic carbocycles. The van der Waals surface area contributed by atoms with Crippen LogP contribution >= 0.6 is 0 Å². The number of aliphatic hydroxyl groups is 1. The molecule has 1 aromatic carbocycles. The van der Waals surface area contributed by atoms with Crippen LogP contribution in [-0.4, -0.2) is 23.9 Å². The highest BCUT2D eigenvalue weighted by Crippen LogP contribution is 2.29. The maximum Gasteiger partial charge on any atom is 0.151 e. The van der Waals surface area contributed by atoms with E-state index in [-0.39, 0.29) is 6.10 Å². The Morgan fingerprint density at radius 3 is 2.76 bits per heavy atom. The van der Waals surface area contributed by atoms with Crippen molar-refractivity contribution in [1.82, 2.24) is 0 Å². The highest BCUT2D eigenvalue weighted by atomic mass is 16.5. The molecule has 1 N–H and O–H groups in total. The molecule has 0 radical (unpaired) electrons. The van der Waals surface area contributed by atoms with Gasteiger partial charge in [-0.3, -0.25) is 0 Å². The number of hydrogen-bond acceptors (Lipinski definition) is 2. The number of methoxy groups -OCH3 is 1. The van der Waals surface area contributed by atoms with E-state index >= 15 is 0 Å². The van der Waals surface area contributed by atoms with E-state index in [0.717, 1.165) is 24.8 Å². The second-order valence-electron chi connectivity index (χ2n) is 4.51. The zero-order chi connectivity index (χ0) is 12.1. The van der Waals surface area contributed by atoms with Crippen molar-refractivity contribution in [3.63, 3.8) is 0 Å². The van der Waals surface area contributed by atoms with E-state index in [4.69, 9.17) is 4.74 Å². The van der Waals surface area contributed by atoms with Crippen LogP contribution < -0.4 is 0 Å². The van der Waals surface area contributed by atoms with Crippen LogP contribution in [0.1, 0.15) is 31.2 Å². The Labute approximate surface area is 103 Å². The van der Waals surface area contributed by atoms with E-state index in [1.807, 2.05) is 30.3 Å². The Morgan fingerprint density at radius 2 is 2.06 bits per heavy atom. The molecule has 0 heterocycles. The van der Waals surface area contributed by atoms with Crippen molar-refractivity contribution in [2.45, 2.75) is 37.4 Å². The quantitative estimate of drug-likeness (QED) is 0.750. The molecule has 2 nitrogen and oxygen atoms in total. The van der Waals surface area contributed by atoms with E-state index in [2.05, 4.69) is 11.8 Å². The van der Waals surface area contributed by atoms with Crippen molar-refractivity contribution in [3.05, 3.63) is 35.9 Å². The van der Waals surface area contributed by atoms with Crippen molar-refractivity contribution >= 4 is 0 Å². The van der Waals surface area contributed by atoms with Gasteiger partial charge in [0, 0.05) is 12.7 Å². The zero-order valence-corrected chi connectivity index (χ0v) is 10.1. The van der Waals surface area contributed by atoms with Crippen LogP contribution in [0.3, 0.4) is 0 Å². The summed E-state index contributed by atoms with van der Waals surface area (Å²) >= 11 is 0. The summed E-state index contributed by atoms with van der Waals surface area (Å²) in [7, 11) is 1.64. The SMILES string of the molecule is COC1CCCCC1(O)C#Cc1ccccc1. The van der Waals surface area contributed by atoms with Gasteiger partial charge in [-0.2, -0.15) is 0 Å². The molecular weight excluding hydrogens is 212 g/mol. The number of hydrogen-bond donors (Lipinski definition) is 1. The first kappa shape index (κ1) is 12.2. The zero-order valence-electron chi connectivity index (χ0n) is 10.1. The largest absolute Gasteiger partial charge is 0.377 e. The minimum atomic E-state index is -0.983. The van der Waals surface area contributed by atoms with Crippen molar-refractivity contribution in [2.24, 2.45) is 0 Å². The smallest absolute Gasteiger partial charge is 0.151 e. The summed E-state index contributed by atoms with van der Waals surface area (Å²) < 4.78 is 5.34. The molecule has 0 aromatic heterocycles. The molecule has 2 heteroatoms. The topological polar surface area (TPSA) is 29.5 Å². The lowest BCUT2D eigenvalue weighted by molar-refractivity contribution is -0.0795. The number of ether oxygens (including phenoxy) is 1. The van der Waals surface area contributed by atoms with Gasteiger partial charge in [0.15, 0.2) is 5.60 Å². The normalized spacial score (nSPS) is 28.2. The summed E-state index contributed by atoms with van der Waals surface area (Å²) in [6, 6.07) is 9.74. The van der Waals surface area contributed by atoms with Crippen molar-refractivity contribution in [3.8, 4) is 11.8 Å². The Hall–Kier alpha value is -1.30. The molecule has 2 rings (SSSR count). The van der Waals surface area contributed by atoms with Gasteiger partial charge in [-0.15, -0.1) is 0 Å². The van der Waals surface area contributed by atoms with Crippen molar-refractivity contribution < 1.29 is 9.84 Å². The van der Waals surface area contributed by atoms with E-state index in [0.29, 0.717) is 6.42 Å². The molecule has 1 saturated carbocycles. The summed E-state index contributed by atoms with van der Waals surface area (Å²) in [5.41, 5.74) is -0.0515. The highest BCUT2D eigenvalue weighted by Gasteiger charge is 2.37. The standard InChI is InChI=1S/C15H18O2/c1-17-14-9-5-6-11-15(14,16)12-10-13-7-3-2-4-8-13/h2-4,7-8,14,16H,5-6,9,11H2,1H3. The van der Waals surface area contributed by atoms with Crippen LogP contribution in [0.25, 0.3) is 0 Å². The van der Waals surface area contributed by atoms with Gasteiger partial charge < -0.3 is 9.84 Å². The maximum atomic E-state index is 10.5. The molecule has 2 atom stereocenters. The van der Waals surface area contributed by atoms with Gasteiger partial charge >= 0.3 is 0 Å². The molecule has 0 aliphatic heterocycles. The van der Waals surface area contributed by atoms with Crippen LogP contribution in [-0.2, 0) is 4.74 Å². The van der Waals surface area contributed by atoms with Gasteiger partial charge in [-0.25, -0.2) is 0 Å². The summed E-state index contributed by atoms with van der Waals surface area (Å²) in [5.74, 6) is 6.04. The second-order valence-corrected chi connectivity index (χ2v) is 4.51. The molecule has 0 amide bonds. The van der Waals surface area contributed by atoms with Crippen LogP contribution in [0.4, 0.5) is 0 Å². The molecule has 0 spiro atoms. The third-order valence-electron chi connectivity index (χ3n) is 3.29. The number of benzene rings is 1.